The largest absolute Gasteiger partial charge is 0.492 e. The molecule has 0 aliphatic carbocycles. The summed E-state index contributed by atoms with van der Waals surface area (Å²) in [5.74, 6) is 0.589. The number of carbonyl (C=O) groups is 1. The third-order valence-corrected chi connectivity index (χ3v) is 5.49. The Hall–Kier alpha value is -3.51. The SMILES string of the molecule is CCOc1cccc2sc(N(Cc3cccnc3)C(=O)/C=C/c3ccccc3)nc12. The smallest absolute Gasteiger partial charge is 0.253 e. The minimum Gasteiger partial charge on any atom is -0.492 e. The number of rotatable bonds is 7. The van der Waals surface area contributed by atoms with E-state index < -0.39 is 0 Å². The van der Waals surface area contributed by atoms with Crippen LogP contribution < -0.4 is 9.64 Å². The number of benzene rings is 2. The zero-order valence-electron chi connectivity index (χ0n) is 16.6. The number of fused-ring (bicyclic) bond motifs is 1. The fourth-order valence-electron chi connectivity index (χ4n) is 3.03. The van der Waals surface area contributed by atoms with Crippen molar-refractivity contribution in [3.8, 4) is 5.75 Å². The van der Waals surface area contributed by atoms with Gasteiger partial charge in [-0.3, -0.25) is 14.7 Å². The molecule has 5 nitrogen and oxygen atoms in total. The predicted molar refractivity (Wildman–Crippen MR) is 122 cm³/mol. The van der Waals surface area contributed by atoms with Crippen LogP contribution in [0.4, 0.5) is 5.13 Å². The van der Waals surface area contributed by atoms with Crippen molar-refractivity contribution in [2.24, 2.45) is 0 Å². The summed E-state index contributed by atoms with van der Waals surface area (Å²) in [6.45, 7) is 2.89. The van der Waals surface area contributed by atoms with Crippen LogP contribution in [0.15, 0.2) is 79.1 Å². The van der Waals surface area contributed by atoms with Gasteiger partial charge < -0.3 is 4.74 Å². The molecule has 0 aliphatic rings. The number of aromatic nitrogens is 2. The van der Waals surface area contributed by atoms with E-state index in [1.165, 1.54) is 11.3 Å². The van der Waals surface area contributed by atoms with Crippen molar-refractivity contribution in [1.82, 2.24) is 9.97 Å². The van der Waals surface area contributed by atoms with Gasteiger partial charge in [0.25, 0.3) is 5.91 Å². The molecule has 0 aliphatic heterocycles. The number of hydrogen-bond donors (Lipinski definition) is 0. The Balaban J connectivity index is 1.70. The van der Waals surface area contributed by atoms with Crippen molar-refractivity contribution in [2.45, 2.75) is 13.5 Å². The summed E-state index contributed by atoms with van der Waals surface area (Å²) in [5.41, 5.74) is 2.67. The highest BCUT2D eigenvalue weighted by molar-refractivity contribution is 7.22. The van der Waals surface area contributed by atoms with Crippen LogP contribution in [-0.2, 0) is 11.3 Å². The molecular weight excluding hydrogens is 394 g/mol. The summed E-state index contributed by atoms with van der Waals surface area (Å²) in [5, 5.41) is 0.628. The number of pyridine rings is 1. The van der Waals surface area contributed by atoms with Gasteiger partial charge in [0, 0.05) is 18.5 Å². The third kappa shape index (κ3) is 4.55. The molecule has 0 bridgehead atoms. The quantitative estimate of drug-likeness (QED) is 0.383. The third-order valence-electron chi connectivity index (χ3n) is 4.45. The van der Waals surface area contributed by atoms with Crippen LogP contribution in [0.25, 0.3) is 16.3 Å². The van der Waals surface area contributed by atoms with E-state index in [-0.39, 0.29) is 5.91 Å². The molecule has 0 spiro atoms. The molecule has 1 amide bonds. The lowest BCUT2D eigenvalue weighted by molar-refractivity contribution is -0.114. The van der Waals surface area contributed by atoms with E-state index in [2.05, 4.69) is 4.98 Å². The standard InChI is InChI=1S/C24H21N3O2S/c1-2-29-20-11-6-12-21-23(20)26-24(30-21)27(17-19-10-7-15-25-16-19)22(28)14-13-18-8-4-3-5-9-18/h3-16H,2,17H2,1H3/b14-13+. The van der Waals surface area contributed by atoms with Gasteiger partial charge in [0.1, 0.15) is 11.3 Å². The Morgan fingerprint density at radius 3 is 2.73 bits per heavy atom. The highest BCUT2D eigenvalue weighted by Crippen LogP contribution is 2.35. The van der Waals surface area contributed by atoms with E-state index >= 15 is 0 Å². The number of nitrogens with zero attached hydrogens (tertiary/aromatic N) is 3. The van der Waals surface area contributed by atoms with Crippen molar-refractivity contribution < 1.29 is 9.53 Å². The van der Waals surface area contributed by atoms with Crippen LogP contribution in [-0.4, -0.2) is 22.5 Å². The number of carbonyl (C=O) groups excluding carboxylic acids is 1. The van der Waals surface area contributed by atoms with Gasteiger partial charge in [0.15, 0.2) is 5.13 Å². The van der Waals surface area contributed by atoms with E-state index in [4.69, 9.17) is 9.72 Å². The van der Waals surface area contributed by atoms with Crippen molar-refractivity contribution >= 4 is 38.7 Å². The second-order valence-corrected chi connectivity index (χ2v) is 7.57. The Morgan fingerprint density at radius 2 is 1.97 bits per heavy atom. The fraction of sp³-hybridized carbons (Fsp3) is 0.125. The van der Waals surface area contributed by atoms with Gasteiger partial charge in [-0.2, -0.15) is 0 Å². The highest BCUT2D eigenvalue weighted by atomic mass is 32.1. The molecule has 6 heteroatoms. The minimum atomic E-state index is -0.139. The Morgan fingerprint density at radius 1 is 1.10 bits per heavy atom. The van der Waals surface area contributed by atoms with E-state index in [0.717, 1.165) is 27.1 Å². The first-order valence-corrected chi connectivity index (χ1v) is 10.5. The summed E-state index contributed by atoms with van der Waals surface area (Å²) in [6.07, 6.45) is 6.88. The average Bonchev–Trinajstić information content (AvgIpc) is 3.22. The number of amides is 1. The molecule has 150 valence electrons. The van der Waals surface area contributed by atoms with Gasteiger partial charge in [0.05, 0.1) is 17.9 Å². The number of para-hydroxylation sites is 1. The number of anilines is 1. The van der Waals surface area contributed by atoms with Gasteiger partial charge >= 0.3 is 0 Å². The predicted octanol–water partition coefficient (Wildman–Crippen LogP) is 5.34. The maximum atomic E-state index is 13.2. The van der Waals surface area contributed by atoms with Crippen molar-refractivity contribution in [3.63, 3.8) is 0 Å². The summed E-state index contributed by atoms with van der Waals surface area (Å²) < 4.78 is 6.69. The molecular formula is C24H21N3O2S. The van der Waals surface area contributed by atoms with Crippen LogP contribution in [0.1, 0.15) is 18.1 Å². The molecule has 30 heavy (non-hydrogen) atoms. The van der Waals surface area contributed by atoms with Gasteiger partial charge in [-0.15, -0.1) is 0 Å². The van der Waals surface area contributed by atoms with Crippen molar-refractivity contribution in [3.05, 3.63) is 90.3 Å². The summed E-state index contributed by atoms with van der Waals surface area (Å²) in [7, 11) is 0. The van der Waals surface area contributed by atoms with Gasteiger partial charge in [0.2, 0.25) is 0 Å². The van der Waals surface area contributed by atoms with Crippen LogP contribution in [0.2, 0.25) is 0 Å². The van der Waals surface area contributed by atoms with Crippen molar-refractivity contribution in [2.75, 3.05) is 11.5 Å². The van der Waals surface area contributed by atoms with Crippen LogP contribution in [0.5, 0.6) is 5.75 Å². The molecule has 0 saturated carbocycles. The van der Waals surface area contributed by atoms with Crippen LogP contribution >= 0.6 is 11.3 Å². The molecule has 0 unspecified atom stereocenters. The van der Waals surface area contributed by atoms with Crippen LogP contribution in [0.3, 0.4) is 0 Å². The first kappa shape index (κ1) is 19.8. The lowest BCUT2D eigenvalue weighted by atomic mass is 10.2. The van der Waals surface area contributed by atoms with Gasteiger partial charge in [-0.1, -0.05) is 53.8 Å². The zero-order valence-corrected chi connectivity index (χ0v) is 17.4. The molecule has 2 aromatic heterocycles. The van der Waals surface area contributed by atoms with Gasteiger partial charge in [-0.05, 0) is 42.3 Å². The molecule has 4 rings (SSSR count). The minimum absolute atomic E-state index is 0.139. The van der Waals surface area contributed by atoms with Gasteiger partial charge in [-0.25, -0.2) is 4.98 Å². The monoisotopic (exact) mass is 415 g/mol. The fourth-order valence-corrected chi connectivity index (χ4v) is 4.02. The highest BCUT2D eigenvalue weighted by Gasteiger charge is 2.20. The van der Waals surface area contributed by atoms with E-state index in [1.54, 1.807) is 23.4 Å². The maximum absolute atomic E-state index is 13.2. The molecule has 0 atom stereocenters. The Kier molecular flexibility index (Phi) is 6.15. The number of hydrogen-bond acceptors (Lipinski definition) is 5. The molecule has 4 aromatic rings. The zero-order chi connectivity index (χ0) is 20.8. The van der Waals surface area contributed by atoms with E-state index in [9.17, 15) is 4.79 Å². The van der Waals surface area contributed by atoms with Crippen molar-refractivity contribution in [1.29, 1.82) is 0 Å². The molecule has 0 fully saturated rings. The maximum Gasteiger partial charge on any atom is 0.253 e. The lowest BCUT2D eigenvalue weighted by Gasteiger charge is -2.18. The van der Waals surface area contributed by atoms with E-state index in [0.29, 0.717) is 18.3 Å². The average molecular weight is 416 g/mol. The second kappa shape index (κ2) is 9.33. The molecule has 0 N–H and O–H groups in total. The first-order valence-electron chi connectivity index (χ1n) is 9.70. The summed E-state index contributed by atoms with van der Waals surface area (Å²) >= 11 is 1.47. The summed E-state index contributed by atoms with van der Waals surface area (Å²) in [4.78, 5) is 23.8. The summed E-state index contributed by atoms with van der Waals surface area (Å²) in [6, 6.07) is 19.4. The Bertz CT molecular complexity index is 1160. The molecule has 2 heterocycles. The Labute approximate surface area is 179 Å². The molecule has 0 saturated heterocycles. The normalized spacial score (nSPS) is 11.1. The number of thiazole rings is 1. The topological polar surface area (TPSA) is 55.3 Å². The number of ether oxygens (including phenoxy) is 1. The second-order valence-electron chi connectivity index (χ2n) is 6.56. The first-order chi connectivity index (χ1) is 14.7. The molecule has 0 radical (unpaired) electrons. The lowest BCUT2D eigenvalue weighted by Crippen LogP contribution is -2.28. The van der Waals surface area contributed by atoms with Crippen LogP contribution in [0, 0.1) is 0 Å². The van der Waals surface area contributed by atoms with E-state index in [1.807, 2.05) is 73.7 Å². The molecule has 2 aromatic carbocycles.